The van der Waals surface area contributed by atoms with E-state index < -0.39 is 0 Å². The molecule has 1 aliphatic carbocycles. The van der Waals surface area contributed by atoms with Gasteiger partial charge in [-0.15, -0.1) is 0 Å². The van der Waals surface area contributed by atoms with Gasteiger partial charge >= 0.3 is 0 Å². The van der Waals surface area contributed by atoms with Crippen molar-refractivity contribution in [1.29, 1.82) is 0 Å². The summed E-state index contributed by atoms with van der Waals surface area (Å²) in [7, 11) is 0. The highest BCUT2D eigenvalue weighted by Crippen LogP contribution is 2.32. The van der Waals surface area contributed by atoms with Crippen LogP contribution < -0.4 is 5.32 Å². The molecule has 0 saturated heterocycles. The molecule has 2 N–H and O–H groups in total. The van der Waals surface area contributed by atoms with Gasteiger partial charge in [0.25, 0.3) is 0 Å². The van der Waals surface area contributed by atoms with E-state index in [9.17, 15) is 5.11 Å². The first-order valence-corrected chi connectivity index (χ1v) is 7.81. The van der Waals surface area contributed by atoms with Crippen molar-refractivity contribution in [2.24, 2.45) is 5.92 Å². The molecule has 2 nitrogen and oxygen atoms in total. The maximum absolute atomic E-state index is 9.92. The quantitative estimate of drug-likeness (QED) is 0.844. The summed E-state index contributed by atoms with van der Waals surface area (Å²) >= 11 is 0. The van der Waals surface area contributed by atoms with Crippen molar-refractivity contribution in [2.75, 3.05) is 6.54 Å². The van der Waals surface area contributed by atoms with E-state index in [0.717, 1.165) is 0 Å². The average molecular weight is 281 g/mol. The summed E-state index contributed by atoms with van der Waals surface area (Å²) in [6.07, 6.45) is 2.18. The van der Waals surface area contributed by atoms with E-state index in [4.69, 9.17) is 0 Å². The zero-order chi connectivity index (χ0) is 14.7. The highest BCUT2D eigenvalue weighted by atomic mass is 16.3. The Bertz CT molecular complexity index is 560. The minimum atomic E-state index is -0.184. The molecule has 110 valence electrons. The molecule has 2 aromatic rings. The summed E-state index contributed by atoms with van der Waals surface area (Å²) < 4.78 is 0. The average Bonchev–Trinajstić information content (AvgIpc) is 3.38. The lowest BCUT2D eigenvalue weighted by molar-refractivity contribution is 0.145. The summed E-state index contributed by atoms with van der Waals surface area (Å²) in [6.45, 7) is 2.84. The number of rotatable bonds is 6. The second-order valence-corrected chi connectivity index (χ2v) is 6.02. The summed E-state index contributed by atoms with van der Waals surface area (Å²) in [4.78, 5) is 0. The molecule has 0 aromatic heterocycles. The molecule has 0 amide bonds. The van der Waals surface area contributed by atoms with Gasteiger partial charge < -0.3 is 10.4 Å². The van der Waals surface area contributed by atoms with E-state index in [0.29, 0.717) is 12.5 Å². The number of nitrogens with one attached hydrogen (secondary N) is 1. The first kappa shape index (κ1) is 14.3. The molecule has 1 aliphatic rings. The van der Waals surface area contributed by atoms with E-state index in [1.807, 2.05) is 6.07 Å². The number of benzene rings is 2. The maximum atomic E-state index is 9.92. The van der Waals surface area contributed by atoms with Crippen LogP contribution in [0.1, 0.15) is 31.4 Å². The monoisotopic (exact) mass is 281 g/mol. The predicted molar refractivity (Wildman–Crippen MR) is 87.0 cm³/mol. The molecular formula is C19H23NO. The molecule has 3 rings (SSSR count). The highest BCUT2D eigenvalue weighted by molar-refractivity contribution is 5.63. The number of aliphatic hydroxyl groups excluding tert-OH is 1. The van der Waals surface area contributed by atoms with Crippen LogP contribution in [0.4, 0.5) is 0 Å². The summed E-state index contributed by atoms with van der Waals surface area (Å²) in [5.74, 6) is 0.533. The Kier molecular flexibility index (Phi) is 4.37. The van der Waals surface area contributed by atoms with E-state index >= 15 is 0 Å². The third kappa shape index (κ3) is 3.72. The zero-order valence-electron chi connectivity index (χ0n) is 12.5. The van der Waals surface area contributed by atoms with Crippen LogP contribution in [0.25, 0.3) is 11.1 Å². The first-order valence-electron chi connectivity index (χ1n) is 7.81. The van der Waals surface area contributed by atoms with E-state index in [1.54, 1.807) is 0 Å². The molecule has 0 heterocycles. The van der Waals surface area contributed by atoms with Gasteiger partial charge in [0.15, 0.2) is 0 Å². The Morgan fingerprint density at radius 3 is 2.24 bits per heavy atom. The molecule has 1 saturated carbocycles. The topological polar surface area (TPSA) is 32.3 Å². The van der Waals surface area contributed by atoms with Crippen LogP contribution in [0.15, 0.2) is 54.6 Å². The van der Waals surface area contributed by atoms with E-state index in [2.05, 4.69) is 60.8 Å². The lowest BCUT2D eigenvalue weighted by Crippen LogP contribution is -2.30. The van der Waals surface area contributed by atoms with Crippen LogP contribution >= 0.6 is 0 Å². The van der Waals surface area contributed by atoms with Crippen molar-refractivity contribution >= 4 is 0 Å². The fraction of sp³-hybridized carbons (Fsp3) is 0.368. The minimum absolute atomic E-state index is 0.184. The molecule has 0 bridgehead atoms. The highest BCUT2D eigenvalue weighted by Gasteiger charge is 2.29. The predicted octanol–water partition coefficient (Wildman–Crippen LogP) is 3.78. The normalized spacial score (nSPS) is 17.4. The van der Waals surface area contributed by atoms with Gasteiger partial charge in [-0.2, -0.15) is 0 Å². The van der Waals surface area contributed by atoms with Gasteiger partial charge in [0, 0.05) is 12.6 Å². The third-order valence-corrected chi connectivity index (χ3v) is 4.32. The maximum Gasteiger partial charge on any atom is 0.0692 e. The minimum Gasteiger partial charge on any atom is -0.392 e. The lowest BCUT2D eigenvalue weighted by Gasteiger charge is -2.17. The molecule has 2 aromatic carbocycles. The van der Waals surface area contributed by atoms with E-state index in [1.165, 1.54) is 29.5 Å². The van der Waals surface area contributed by atoms with Crippen molar-refractivity contribution in [1.82, 2.24) is 5.32 Å². The van der Waals surface area contributed by atoms with E-state index in [-0.39, 0.29) is 12.1 Å². The van der Waals surface area contributed by atoms with Crippen molar-refractivity contribution in [3.8, 4) is 11.1 Å². The van der Waals surface area contributed by atoms with Crippen LogP contribution in [0.5, 0.6) is 0 Å². The Morgan fingerprint density at radius 2 is 1.62 bits per heavy atom. The fourth-order valence-electron chi connectivity index (χ4n) is 2.66. The number of aliphatic hydroxyl groups is 1. The van der Waals surface area contributed by atoms with Crippen LogP contribution in [0, 0.1) is 5.92 Å². The fourth-order valence-corrected chi connectivity index (χ4v) is 2.66. The van der Waals surface area contributed by atoms with Crippen molar-refractivity contribution in [3.63, 3.8) is 0 Å². The number of hydrogen-bond donors (Lipinski definition) is 2. The van der Waals surface area contributed by atoms with Gasteiger partial charge in [-0.05, 0) is 42.4 Å². The molecule has 2 atom stereocenters. The SMILES string of the molecule is CC(NCC(O)C1CC1)c1ccc(-c2ccccc2)cc1. The second-order valence-electron chi connectivity index (χ2n) is 6.02. The summed E-state index contributed by atoms with van der Waals surface area (Å²) in [5, 5.41) is 13.3. The van der Waals surface area contributed by atoms with Crippen LogP contribution in [0.3, 0.4) is 0 Å². The largest absolute Gasteiger partial charge is 0.392 e. The zero-order valence-corrected chi connectivity index (χ0v) is 12.5. The Morgan fingerprint density at radius 1 is 1.00 bits per heavy atom. The summed E-state index contributed by atoms with van der Waals surface area (Å²) in [6, 6.07) is 19.4. The molecule has 0 spiro atoms. The van der Waals surface area contributed by atoms with Gasteiger partial charge in [0.2, 0.25) is 0 Å². The molecule has 1 fully saturated rings. The van der Waals surface area contributed by atoms with Gasteiger partial charge in [0.05, 0.1) is 6.10 Å². The van der Waals surface area contributed by atoms with Crippen LogP contribution in [0.2, 0.25) is 0 Å². The third-order valence-electron chi connectivity index (χ3n) is 4.32. The molecule has 2 heteroatoms. The van der Waals surface area contributed by atoms with Crippen LogP contribution in [-0.4, -0.2) is 17.8 Å². The van der Waals surface area contributed by atoms with Gasteiger partial charge in [0.1, 0.15) is 0 Å². The first-order chi connectivity index (χ1) is 10.2. The molecule has 21 heavy (non-hydrogen) atoms. The second kappa shape index (κ2) is 6.42. The Labute approximate surface area is 126 Å². The molecule has 0 radical (unpaired) electrons. The lowest BCUT2D eigenvalue weighted by atomic mass is 10.0. The van der Waals surface area contributed by atoms with Crippen LogP contribution in [-0.2, 0) is 0 Å². The smallest absolute Gasteiger partial charge is 0.0692 e. The van der Waals surface area contributed by atoms with Gasteiger partial charge in [-0.25, -0.2) is 0 Å². The molecular weight excluding hydrogens is 258 g/mol. The van der Waals surface area contributed by atoms with Gasteiger partial charge in [-0.3, -0.25) is 0 Å². The molecule has 0 aliphatic heterocycles. The Hall–Kier alpha value is -1.64. The number of hydrogen-bond acceptors (Lipinski definition) is 2. The van der Waals surface area contributed by atoms with Crippen molar-refractivity contribution in [3.05, 3.63) is 60.2 Å². The standard InChI is InChI=1S/C19H23NO/c1-14(20-13-19(21)18-11-12-18)15-7-9-17(10-8-15)16-5-3-2-4-6-16/h2-10,14,18-21H,11-13H2,1H3. The molecule has 2 unspecified atom stereocenters. The summed E-state index contributed by atoms with van der Waals surface area (Å²) in [5.41, 5.74) is 3.75. The van der Waals surface area contributed by atoms with Crippen molar-refractivity contribution in [2.45, 2.75) is 31.9 Å². The van der Waals surface area contributed by atoms with Crippen molar-refractivity contribution < 1.29 is 5.11 Å². The van der Waals surface area contributed by atoms with Gasteiger partial charge in [-0.1, -0.05) is 54.6 Å². The Balaban J connectivity index is 1.60.